The molecule has 3 nitrogen and oxygen atoms in total. The van der Waals surface area contributed by atoms with Gasteiger partial charge >= 0.3 is 0 Å². The number of nitrogens with one attached hydrogen (secondary N) is 2. The minimum atomic E-state index is -0.120. The van der Waals surface area contributed by atoms with Crippen molar-refractivity contribution in [3.8, 4) is 0 Å². The van der Waals surface area contributed by atoms with Crippen molar-refractivity contribution in [3.63, 3.8) is 0 Å². The van der Waals surface area contributed by atoms with Gasteiger partial charge in [0.15, 0.2) is 5.78 Å². The SMILES string of the molecule is Cc1cc2c(cc1C)N[C@H](c1ccccc1)C1=C(CC(C)(C)CC1=O)N2. The highest BCUT2D eigenvalue weighted by Gasteiger charge is 2.38. The second kappa shape index (κ2) is 6.01. The summed E-state index contributed by atoms with van der Waals surface area (Å²) in [6.45, 7) is 8.60. The van der Waals surface area contributed by atoms with Gasteiger partial charge in [-0.25, -0.2) is 0 Å². The zero-order valence-corrected chi connectivity index (χ0v) is 15.9. The summed E-state index contributed by atoms with van der Waals surface area (Å²) in [5, 5.41) is 7.27. The monoisotopic (exact) mass is 346 g/mol. The predicted octanol–water partition coefficient (Wildman–Crippen LogP) is 5.53. The molecule has 2 aromatic carbocycles. The minimum Gasteiger partial charge on any atom is -0.372 e. The Morgan fingerprint density at radius 1 is 0.962 bits per heavy atom. The average molecular weight is 346 g/mol. The number of fused-ring (bicyclic) bond motifs is 1. The maximum Gasteiger partial charge on any atom is 0.163 e. The van der Waals surface area contributed by atoms with Gasteiger partial charge in [0.1, 0.15) is 0 Å². The molecule has 0 bridgehead atoms. The van der Waals surface area contributed by atoms with Crippen molar-refractivity contribution in [1.29, 1.82) is 0 Å². The number of hydrogen-bond acceptors (Lipinski definition) is 3. The minimum absolute atomic E-state index is 0.0194. The van der Waals surface area contributed by atoms with Gasteiger partial charge < -0.3 is 10.6 Å². The molecule has 134 valence electrons. The molecule has 1 aliphatic carbocycles. The Morgan fingerprint density at radius 2 is 1.62 bits per heavy atom. The maximum absolute atomic E-state index is 13.1. The van der Waals surface area contributed by atoms with Gasteiger partial charge in [0.05, 0.1) is 17.4 Å². The van der Waals surface area contributed by atoms with E-state index in [0.29, 0.717) is 6.42 Å². The summed E-state index contributed by atoms with van der Waals surface area (Å²) < 4.78 is 0. The van der Waals surface area contributed by atoms with Crippen LogP contribution in [0.3, 0.4) is 0 Å². The van der Waals surface area contributed by atoms with Gasteiger partial charge in [0.2, 0.25) is 0 Å². The van der Waals surface area contributed by atoms with E-state index in [4.69, 9.17) is 0 Å². The number of anilines is 2. The number of aryl methyl sites for hydroxylation is 2. The quantitative estimate of drug-likeness (QED) is 0.714. The Kier molecular flexibility index (Phi) is 3.91. The van der Waals surface area contributed by atoms with Crippen molar-refractivity contribution < 1.29 is 4.79 Å². The van der Waals surface area contributed by atoms with E-state index in [1.807, 2.05) is 18.2 Å². The second-order valence-electron chi connectivity index (χ2n) is 8.43. The van der Waals surface area contributed by atoms with Gasteiger partial charge in [-0.3, -0.25) is 4.79 Å². The molecule has 2 N–H and O–H groups in total. The Labute approximate surface area is 155 Å². The van der Waals surface area contributed by atoms with Crippen LogP contribution in [0, 0.1) is 19.3 Å². The molecule has 2 aliphatic rings. The first-order valence-electron chi connectivity index (χ1n) is 9.30. The highest BCUT2D eigenvalue weighted by Crippen LogP contribution is 2.45. The zero-order valence-electron chi connectivity index (χ0n) is 15.9. The summed E-state index contributed by atoms with van der Waals surface area (Å²) in [4.78, 5) is 13.1. The summed E-state index contributed by atoms with van der Waals surface area (Å²) in [6.07, 6.45) is 1.47. The van der Waals surface area contributed by atoms with Crippen LogP contribution in [-0.2, 0) is 4.79 Å². The van der Waals surface area contributed by atoms with Crippen LogP contribution in [0.1, 0.15) is 49.4 Å². The third-order valence-electron chi connectivity index (χ3n) is 5.56. The third-order valence-corrected chi connectivity index (χ3v) is 5.56. The van der Waals surface area contributed by atoms with Crippen LogP contribution in [0.25, 0.3) is 0 Å². The van der Waals surface area contributed by atoms with Crippen LogP contribution in [0.5, 0.6) is 0 Å². The lowest BCUT2D eigenvalue weighted by molar-refractivity contribution is -0.118. The zero-order chi connectivity index (χ0) is 18.5. The number of Topliss-reactive ketones (excluding diaryl/α,β-unsaturated/α-hetero) is 1. The van der Waals surface area contributed by atoms with Gasteiger partial charge in [-0.1, -0.05) is 44.2 Å². The number of carbonyl (C=O) groups is 1. The summed E-state index contributed by atoms with van der Waals surface area (Å²) in [7, 11) is 0. The van der Waals surface area contributed by atoms with Gasteiger partial charge in [-0.05, 0) is 54.5 Å². The molecule has 3 heteroatoms. The molecule has 1 aliphatic heterocycles. The normalized spacial score (nSPS) is 21.2. The average Bonchev–Trinajstić information content (AvgIpc) is 2.72. The first kappa shape index (κ1) is 16.9. The lowest BCUT2D eigenvalue weighted by Gasteiger charge is -2.34. The molecule has 1 atom stereocenters. The van der Waals surface area contributed by atoms with Crippen LogP contribution < -0.4 is 10.6 Å². The maximum atomic E-state index is 13.1. The van der Waals surface area contributed by atoms with Crippen LogP contribution in [0.2, 0.25) is 0 Å². The molecule has 0 radical (unpaired) electrons. The summed E-state index contributed by atoms with van der Waals surface area (Å²) >= 11 is 0. The molecule has 0 saturated heterocycles. The topological polar surface area (TPSA) is 41.1 Å². The van der Waals surface area contributed by atoms with Crippen molar-refractivity contribution in [2.75, 3.05) is 10.6 Å². The van der Waals surface area contributed by atoms with E-state index in [9.17, 15) is 4.79 Å². The fraction of sp³-hybridized carbons (Fsp3) is 0.348. The van der Waals surface area contributed by atoms with E-state index in [-0.39, 0.29) is 17.2 Å². The molecule has 4 rings (SSSR count). The number of allylic oxidation sites excluding steroid dienone is 1. The largest absolute Gasteiger partial charge is 0.372 e. The molecule has 26 heavy (non-hydrogen) atoms. The molecule has 2 aromatic rings. The number of rotatable bonds is 1. The first-order valence-corrected chi connectivity index (χ1v) is 9.30. The summed E-state index contributed by atoms with van der Waals surface area (Å²) in [5.41, 5.74) is 7.68. The molecule has 0 aromatic heterocycles. The van der Waals surface area contributed by atoms with Gasteiger partial charge in [-0.2, -0.15) is 0 Å². The molecule has 0 saturated carbocycles. The number of benzene rings is 2. The van der Waals surface area contributed by atoms with Crippen molar-refractivity contribution in [2.45, 2.75) is 46.6 Å². The fourth-order valence-corrected chi connectivity index (χ4v) is 4.11. The van der Waals surface area contributed by atoms with E-state index >= 15 is 0 Å². The number of hydrogen-bond donors (Lipinski definition) is 2. The Bertz CT molecular complexity index is 909. The molecule has 1 heterocycles. The van der Waals surface area contributed by atoms with Crippen LogP contribution in [0.4, 0.5) is 11.4 Å². The van der Waals surface area contributed by atoms with E-state index in [0.717, 1.165) is 34.6 Å². The molecule has 0 amide bonds. The molecule has 0 spiro atoms. The van der Waals surface area contributed by atoms with E-state index in [1.165, 1.54) is 11.1 Å². The van der Waals surface area contributed by atoms with Crippen molar-refractivity contribution in [2.24, 2.45) is 5.41 Å². The van der Waals surface area contributed by atoms with Crippen molar-refractivity contribution in [1.82, 2.24) is 0 Å². The Hall–Kier alpha value is -2.55. The first-order chi connectivity index (χ1) is 12.3. The molecular formula is C23H26N2O. The predicted molar refractivity (Wildman–Crippen MR) is 107 cm³/mol. The smallest absolute Gasteiger partial charge is 0.163 e. The summed E-state index contributed by atoms with van der Waals surface area (Å²) in [5.74, 6) is 0.242. The standard InChI is InChI=1S/C23H26N2O/c1-14-10-17-18(11-15(14)2)25-22(16-8-6-5-7-9-16)21-19(24-17)12-23(3,4)13-20(21)26/h5-11,22,24-25H,12-13H2,1-4H3/t22-/m1/s1. The van der Waals surface area contributed by atoms with Crippen LogP contribution in [0.15, 0.2) is 53.7 Å². The Morgan fingerprint density at radius 3 is 2.31 bits per heavy atom. The second-order valence-corrected chi connectivity index (χ2v) is 8.43. The Balaban J connectivity index is 1.91. The molecule has 0 unspecified atom stereocenters. The van der Waals surface area contributed by atoms with E-state index in [2.05, 4.69) is 62.6 Å². The highest BCUT2D eigenvalue weighted by molar-refractivity contribution is 6.01. The summed E-state index contributed by atoms with van der Waals surface area (Å²) in [6, 6.07) is 14.5. The van der Waals surface area contributed by atoms with Crippen LogP contribution >= 0.6 is 0 Å². The number of carbonyl (C=O) groups excluding carboxylic acids is 1. The fourth-order valence-electron chi connectivity index (χ4n) is 4.11. The molecule has 0 fully saturated rings. The lowest BCUT2D eigenvalue weighted by Crippen LogP contribution is -2.31. The number of ketones is 1. The van der Waals surface area contributed by atoms with Crippen molar-refractivity contribution in [3.05, 3.63) is 70.4 Å². The third kappa shape index (κ3) is 2.92. The van der Waals surface area contributed by atoms with Gasteiger partial charge in [-0.15, -0.1) is 0 Å². The van der Waals surface area contributed by atoms with E-state index < -0.39 is 0 Å². The van der Waals surface area contributed by atoms with Crippen molar-refractivity contribution >= 4 is 17.2 Å². The molecular weight excluding hydrogens is 320 g/mol. The van der Waals surface area contributed by atoms with E-state index in [1.54, 1.807) is 0 Å². The van der Waals surface area contributed by atoms with Crippen LogP contribution in [-0.4, -0.2) is 5.78 Å². The highest BCUT2D eigenvalue weighted by atomic mass is 16.1. The van der Waals surface area contributed by atoms with Gasteiger partial charge in [0, 0.05) is 17.7 Å². The van der Waals surface area contributed by atoms with Gasteiger partial charge in [0.25, 0.3) is 0 Å². The lowest BCUT2D eigenvalue weighted by atomic mass is 9.73.